The van der Waals surface area contributed by atoms with Gasteiger partial charge in [0.05, 0.1) is 6.07 Å². The fourth-order valence-electron chi connectivity index (χ4n) is 2.43. The molecule has 2 atom stereocenters. The van der Waals surface area contributed by atoms with E-state index in [0.717, 1.165) is 13.0 Å². The lowest BCUT2D eigenvalue weighted by Crippen LogP contribution is -2.45. The summed E-state index contributed by atoms with van der Waals surface area (Å²) in [5, 5.41) is 12.1. The van der Waals surface area contributed by atoms with Gasteiger partial charge in [-0.2, -0.15) is 5.26 Å². The molecule has 0 aliphatic carbocycles. The Hall–Kier alpha value is -1.53. The minimum Gasteiger partial charge on any atom is -0.366 e. The van der Waals surface area contributed by atoms with Crippen LogP contribution < -0.4 is 10.2 Å². The summed E-state index contributed by atoms with van der Waals surface area (Å²) >= 11 is 0. The Morgan fingerprint density at radius 1 is 1.53 bits per heavy atom. The predicted molar refractivity (Wildman–Crippen MR) is 70.0 cm³/mol. The van der Waals surface area contributed by atoms with Gasteiger partial charge in [-0.3, -0.25) is 0 Å². The molecule has 2 rings (SSSR count). The number of likely N-dealkylation sites (N-methyl/N-ethyl adjacent to an activating group) is 1. The number of nitriles is 1. The molecule has 0 spiro atoms. The first-order valence-corrected chi connectivity index (χ1v) is 6.17. The van der Waals surface area contributed by atoms with Crippen molar-refractivity contribution in [2.45, 2.75) is 31.8 Å². The van der Waals surface area contributed by atoms with Crippen molar-refractivity contribution in [1.82, 2.24) is 5.32 Å². The van der Waals surface area contributed by atoms with Crippen molar-refractivity contribution in [3.63, 3.8) is 0 Å². The van der Waals surface area contributed by atoms with E-state index in [0.29, 0.717) is 6.04 Å². The SMILES string of the molecule is CNC(C#N)CN1c2ccccc2CCC1C. The highest BCUT2D eigenvalue weighted by Crippen LogP contribution is 2.30. The summed E-state index contributed by atoms with van der Waals surface area (Å²) in [5.41, 5.74) is 2.69. The number of rotatable bonds is 3. The minimum atomic E-state index is -0.108. The second-order valence-electron chi connectivity index (χ2n) is 4.64. The zero-order valence-corrected chi connectivity index (χ0v) is 10.5. The Bertz CT molecular complexity index is 422. The van der Waals surface area contributed by atoms with Crippen LogP contribution in [0, 0.1) is 11.3 Å². The van der Waals surface area contributed by atoms with Crippen LogP contribution in [-0.4, -0.2) is 25.7 Å². The van der Waals surface area contributed by atoms with E-state index < -0.39 is 0 Å². The van der Waals surface area contributed by atoms with E-state index in [1.165, 1.54) is 17.7 Å². The van der Waals surface area contributed by atoms with E-state index >= 15 is 0 Å². The van der Waals surface area contributed by atoms with E-state index in [1.54, 1.807) is 0 Å². The lowest BCUT2D eigenvalue weighted by molar-refractivity contribution is 0.530. The van der Waals surface area contributed by atoms with Crippen LogP contribution in [0.2, 0.25) is 0 Å². The maximum absolute atomic E-state index is 9.05. The van der Waals surface area contributed by atoms with Crippen molar-refractivity contribution in [1.29, 1.82) is 5.26 Å². The van der Waals surface area contributed by atoms with Crippen LogP contribution in [0.15, 0.2) is 24.3 Å². The molecule has 0 radical (unpaired) electrons. The zero-order valence-electron chi connectivity index (χ0n) is 10.5. The van der Waals surface area contributed by atoms with Crippen LogP contribution in [0.25, 0.3) is 0 Å². The standard InChI is InChI=1S/C14H19N3/c1-11-7-8-12-5-3-4-6-14(12)17(11)10-13(9-15)16-2/h3-6,11,13,16H,7-8,10H2,1-2H3. The van der Waals surface area contributed by atoms with Crippen LogP contribution >= 0.6 is 0 Å². The van der Waals surface area contributed by atoms with Crippen molar-refractivity contribution in [3.05, 3.63) is 29.8 Å². The molecule has 3 heteroatoms. The third kappa shape index (κ3) is 2.42. The zero-order chi connectivity index (χ0) is 12.3. The first-order chi connectivity index (χ1) is 8.26. The topological polar surface area (TPSA) is 39.1 Å². The van der Waals surface area contributed by atoms with Gasteiger partial charge < -0.3 is 10.2 Å². The third-order valence-electron chi connectivity index (χ3n) is 3.55. The largest absolute Gasteiger partial charge is 0.366 e. The van der Waals surface area contributed by atoms with Gasteiger partial charge in [0, 0.05) is 18.3 Å². The number of anilines is 1. The van der Waals surface area contributed by atoms with Gasteiger partial charge in [0.1, 0.15) is 6.04 Å². The summed E-state index contributed by atoms with van der Waals surface area (Å²) in [6.07, 6.45) is 2.31. The van der Waals surface area contributed by atoms with Crippen LogP contribution in [0.1, 0.15) is 18.9 Å². The normalized spacial score (nSPS) is 20.5. The van der Waals surface area contributed by atoms with Crippen LogP contribution in [0.4, 0.5) is 5.69 Å². The number of benzene rings is 1. The fraction of sp³-hybridized carbons (Fsp3) is 0.500. The number of nitrogens with zero attached hydrogens (tertiary/aromatic N) is 2. The molecule has 1 aromatic rings. The van der Waals surface area contributed by atoms with Gasteiger partial charge in [0.2, 0.25) is 0 Å². The number of hydrogen-bond acceptors (Lipinski definition) is 3. The van der Waals surface area contributed by atoms with E-state index in [1.807, 2.05) is 7.05 Å². The number of hydrogen-bond donors (Lipinski definition) is 1. The average molecular weight is 229 g/mol. The Morgan fingerprint density at radius 2 is 2.29 bits per heavy atom. The van der Waals surface area contributed by atoms with Crippen LogP contribution in [-0.2, 0) is 6.42 Å². The van der Waals surface area contributed by atoms with Crippen molar-refractivity contribution < 1.29 is 0 Å². The molecule has 17 heavy (non-hydrogen) atoms. The lowest BCUT2D eigenvalue weighted by Gasteiger charge is -2.38. The van der Waals surface area contributed by atoms with Crippen LogP contribution in [0.5, 0.6) is 0 Å². The molecule has 0 fully saturated rings. The van der Waals surface area contributed by atoms with Crippen molar-refractivity contribution in [2.24, 2.45) is 0 Å². The highest BCUT2D eigenvalue weighted by Gasteiger charge is 2.24. The van der Waals surface area contributed by atoms with Gasteiger partial charge in [0.15, 0.2) is 0 Å². The first kappa shape index (κ1) is 11.9. The van der Waals surface area contributed by atoms with Gasteiger partial charge in [0.25, 0.3) is 0 Å². The van der Waals surface area contributed by atoms with Crippen molar-refractivity contribution >= 4 is 5.69 Å². The molecule has 1 heterocycles. The Kier molecular flexibility index (Phi) is 3.65. The highest BCUT2D eigenvalue weighted by molar-refractivity contribution is 5.56. The molecule has 1 aliphatic heterocycles. The summed E-state index contributed by atoms with van der Waals surface area (Å²) in [6.45, 7) is 2.99. The Labute approximate surface area is 103 Å². The second kappa shape index (κ2) is 5.20. The maximum Gasteiger partial charge on any atom is 0.113 e. The number of aryl methyl sites for hydroxylation is 1. The Morgan fingerprint density at radius 3 is 3.00 bits per heavy atom. The molecule has 2 unspecified atom stereocenters. The van der Waals surface area contributed by atoms with E-state index in [9.17, 15) is 0 Å². The molecule has 0 bridgehead atoms. The summed E-state index contributed by atoms with van der Waals surface area (Å²) in [7, 11) is 1.84. The molecule has 0 aromatic heterocycles. The van der Waals surface area contributed by atoms with Gasteiger partial charge in [-0.05, 0) is 38.4 Å². The molecular weight excluding hydrogens is 210 g/mol. The first-order valence-electron chi connectivity index (χ1n) is 6.17. The smallest absolute Gasteiger partial charge is 0.113 e. The molecule has 0 saturated carbocycles. The summed E-state index contributed by atoms with van der Waals surface area (Å²) in [6, 6.07) is 11.2. The van der Waals surface area contributed by atoms with Crippen molar-refractivity contribution in [2.75, 3.05) is 18.5 Å². The quantitative estimate of drug-likeness (QED) is 0.861. The third-order valence-corrected chi connectivity index (χ3v) is 3.55. The van der Waals surface area contributed by atoms with Gasteiger partial charge in [-0.15, -0.1) is 0 Å². The van der Waals surface area contributed by atoms with Gasteiger partial charge in [-0.25, -0.2) is 0 Å². The fourth-order valence-corrected chi connectivity index (χ4v) is 2.43. The summed E-state index contributed by atoms with van der Waals surface area (Å²) in [4.78, 5) is 2.35. The minimum absolute atomic E-state index is 0.108. The Balaban J connectivity index is 2.24. The number of para-hydroxylation sites is 1. The average Bonchev–Trinajstić information content (AvgIpc) is 2.38. The van der Waals surface area contributed by atoms with Gasteiger partial charge in [-0.1, -0.05) is 18.2 Å². The van der Waals surface area contributed by atoms with Gasteiger partial charge >= 0.3 is 0 Å². The molecule has 0 saturated heterocycles. The molecule has 1 aromatic carbocycles. The molecule has 3 nitrogen and oxygen atoms in total. The monoisotopic (exact) mass is 229 g/mol. The molecular formula is C14H19N3. The molecule has 1 aliphatic rings. The second-order valence-corrected chi connectivity index (χ2v) is 4.64. The highest BCUT2D eigenvalue weighted by atomic mass is 15.2. The summed E-state index contributed by atoms with van der Waals surface area (Å²) < 4.78 is 0. The number of nitrogens with one attached hydrogen (secondary N) is 1. The van der Waals surface area contributed by atoms with Crippen molar-refractivity contribution in [3.8, 4) is 6.07 Å². The molecule has 90 valence electrons. The summed E-state index contributed by atoms with van der Waals surface area (Å²) in [5.74, 6) is 0. The molecule has 0 amide bonds. The lowest BCUT2D eigenvalue weighted by atomic mass is 9.96. The maximum atomic E-state index is 9.05. The number of fused-ring (bicyclic) bond motifs is 1. The molecule has 1 N–H and O–H groups in total. The van der Waals surface area contributed by atoms with E-state index in [4.69, 9.17) is 5.26 Å². The van der Waals surface area contributed by atoms with E-state index in [-0.39, 0.29) is 6.04 Å². The van der Waals surface area contributed by atoms with E-state index in [2.05, 4.69) is 47.5 Å². The predicted octanol–water partition coefficient (Wildman–Crippen LogP) is 1.94. The van der Waals surface area contributed by atoms with Crippen LogP contribution in [0.3, 0.4) is 0 Å².